The molecule has 1 aliphatic heterocycles. The highest BCUT2D eigenvalue weighted by molar-refractivity contribution is 5.96. The molecule has 2 aromatic carbocycles. The quantitative estimate of drug-likeness (QED) is 0.587. The van der Waals surface area contributed by atoms with Crippen LogP contribution >= 0.6 is 0 Å². The maximum Gasteiger partial charge on any atom is 0.419 e. The second-order valence-corrected chi connectivity index (χ2v) is 8.47. The van der Waals surface area contributed by atoms with E-state index in [0.717, 1.165) is 23.4 Å². The summed E-state index contributed by atoms with van der Waals surface area (Å²) in [4.78, 5) is 26.2. The van der Waals surface area contributed by atoms with Gasteiger partial charge in [0.1, 0.15) is 11.4 Å². The Labute approximate surface area is 179 Å². The van der Waals surface area contributed by atoms with Crippen molar-refractivity contribution in [2.75, 3.05) is 7.05 Å². The molecule has 0 amide bonds. The molecule has 1 fully saturated rings. The number of carbonyl (C=O) groups is 1. The second kappa shape index (κ2) is 6.90. The molecule has 2 heterocycles. The molecule has 9 heteroatoms. The molecule has 0 spiro atoms. The van der Waals surface area contributed by atoms with Crippen molar-refractivity contribution in [1.29, 1.82) is 0 Å². The van der Waals surface area contributed by atoms with Crippen LogP contribution in [0.3, 0.4) is 0 Å². The number of halogens is 4. The lowest BCUT2D eigenvalue weighted by Gasteiger charge is -2.21. The summed E-state index contributed by atoms with van der Waals surface area (Å²) in [7, 11) is 1.88. The summed E-state index contributed by atoms with van der Waals surface area (Å²) < 4.78 is 59.8. The number of carboxylic acids is 1. The molecule has 0 radical (unpaired) electrons. The van der Waals surface area contributed by atoms with Gasteiger partial charge in [-0.05, 0) is 48.7 Å². The van der Waals surface area contributed by atoms with Crippen molar-refractivity contribution in [2.24, 2.45) is 0 Å². The molecule has 0 bridgehead atoms. The van der Waals surface area contributed by atoms with Crippen LogP contribution in [0.5, 0.6) is 0 Å². The Balaban J connectivity index is 1.90. The molecule has 0 unspecified atom stereocenters. The molecule has 5 rings (SSSR count). The average molecular weight is 446 g/mol. The van der Waals surface area contributed by atoms with E-state index in [0.29, 0.717) is 25.9 Å². The van der Waals surface area contributed by atoms with Crippen molar-refractivity contribution < 1.29 is 27.5 Å². The van der Waals surface area contributed by atoms with Crippen LogP contribution in [0.4, 0.5) is 17.6 Å². The Bertz CT molecular complexity index is 1360. The van der Waals surface area contributed by atoms with Crippen LogP contribution in [0.1, 0.15) is 45.9 Å². The third kappa shape index (κ3) is 3.19. The molecular weight excluding hydrogens is 428 g/mol. The van der Waals surface area contributed by atoms with E-state index in [1.165, 1.54) is 10.6 Å². The molecule has 1 N–H and O–H groups in total. The number of hydrogen-bond donors (Lipinski definition) is 1. The van der Waals surface area contributed by atoms with Gasteiger partial charge >= 0.3 is 12.1 Å². The first kappa shape index (κ1) is 20.7. The Kier molecular flexibility index (Phi) is 4.46. The number of nitrogens with zero attached hydrogens (tertiary/aromatic N) is 2. The molecule has 0 saturated heterocycles. The highest BCUT2D eigenvalue weighted by Crippen LogP contribution is 2.46. The van der Waals surface area contributed by atoms with Crippen LogP contribution in [0.2, 0.25) is 0 Å². The summed E-state index contributed by atoms with van der Waals surface area (Å²) in [6.07, 6.45) is -2.92. The lowest BCUT2D eigenvalue weighted by molar-refractivity contribution is -0.136. The number of benzene rings is 2. The maximum atomic E-state index is 15.3. The molecule has 166 valence electrons. The minimum absolute atomic E-state index is 0.0721. The van der Waals surface area contributed by atoms with E-state index in [1.54, 1.807) is 12.1 Å². The van der Waals surface area contributed by atoms with Gasteiger partial charge in [-0.2, -0.15) is 13.2 Å². The van der Waals surface area contributed by atoms with Crippen molar-refractivity contribution >= 4 is 16.9 Å². The number of rotatable bonds is 3. The molecule has 3 aromatic rings. The zero-order valence-corrected chi connectivity index (χ0v) is 17.0. The number of aromatic carboxylic acids is 1. The van der Waals surface area contributed by atoms with Crippen LogP contribution in [0.15, 0.2) is 35.3 Å². The minimum atomic E-state index is -4.97. The van der Waals surface area contributed by atoms with Gasteiger partial charge < -0.3 is 9.67 Å². The van der Waals surface area contributed by atoms with Gasteiger partial charge in [-0.15, -0.1) is 0 Å². The van der Waals surface area contributed by atoms with Gasteiger partial charge in [0.2, 0.25) is 5.43 Å². The van der Waals surface area contributed by atoms with Gasteiger partial charge in [0, 0.05) is 30.9 Å². The second-order valence-electron chi connectivity index (χ2n) is 8.47. The first-order chi connectivity index (χ1) is 15.1. The predicted octanol–water partition coefficient (Wildman–Crippen LogP) is 4.80. The lowest BCUT2D eigenvalue weighted by Crippen LogP contribution is -2.22. The highest BCUT2D eigenvalue weighted by Gasteiger charge is 2.41. The van der Waals surface area contributed by atoms with E-state index in [9.17, 15) is 27.9 Å². The Morgan fingerprint density at radius 1 is 1.12 bits per heavy atom. The van der Waals surface area contributed by atoms with E-state index in [-0.39, 0.29) is 11.6 Å². The SMILES string of the molecule is CN1Cc2ccc(-c3c(F)cc4c(=O)c(C(=O)O)cn(C5CC5)c4c3C(F)(F)F)cc2C1. The number of aromatic nitrogens is 1. The van der Waals surface area contributed by atoms with Gasteiger partial charge in [-0.1, -0.05) is 12.1 Å². The van der Waals surface area contributed by atoms with Crippen molar-refractivity contribution in [3.63, 3.8) is 0 Å². The van der Waals surface area contributed by atoms with Crippen molar-refractivity contribution in [1.82, 2.24) is 9.47 Å². The van der Waals surface area contributed by atoms with Crippen LogP contribution in [-0.4, -0.2) is 27.6 Å². The minimum Gasteiger partial charge on any atom is -0.477 e. The monoisotopic (exact) mass is 446 g/mol. The lowest BCUT2D eigenvalue weighted by atomic mass is 9.92. The molecule has 2 aliphatic rings. The number of carboxylic acid groups (broad SMARTS) is 1. The normalized spacial score (nSPS) is 16.5. The fourth-order valence-electron chi connectivity index (χ4n) is 4.56. The summed E-state index contributed by atoms with van der Waals surface area (Å²) in [6, 6.07) is 5.09. The zero-order chi connectivity index (χ0) is 22.9. The number of pyridine rings is 1. The van der Waals surface area contributed by atoms with Crippen LogP contribution in [0, 0.1) is 5.82 Å². The van der Waals surface area contributed by atoms with Gasteiger partial charge in [0.25, 0.3) is 0 Å². The van der Waals surface area contributed by atoms with Crippen molar-refractivity contribution in [3.8, 4) is 11.1 Å². The number of fused-ring (bicyclic) bond motifs is 2. The van der Waals surface area contributed by atoms with E-state index in [2.05, 4.69) is 0 Å². The summed E-state index contributed by atoms with van der Waals surface area (Å²) in [6.45, 7) is 1.19. The standard InChI is InChI=1S/C23H18F4N2O3/c1-28-8-12-3-2-11(6-13(12)9-28)18-17(24)7-15-20(19(18)23(25,26)27)29(14-4-5-14)10-16(21(15)30)22(31)32/h2-3,6-7,10,14H,4-5,8-9H2,1H3,(H,31,32). The van der Waals surface area contributed by atoms with Crippen LogP contribution in [0.25, 0.3) is 22.0 Å². The maximum absolute atomic E-state index is 15.3. The zero-order valence-electron chi connectivity index (χ0n) is 17.0. The number of hydrogen-bond acceptors (Lipinski definition) is 3. The van der Waals surface area contributed by atoms with Crippen molar-refractivity contribution in [3.05, 3.63) is 68.8 Å². The Morgan fingerprint density at radius 3 is 2.44 bits per heavy atom. The molecule has 1 aromatic heterocycles. The van der Waals surface area contributed by atoms with E-state index < -0.39 is 51.0 Å². The van der Waals surface area contributed by atoms with Crippen molar-refractivity contribution in [2.45, 2.75) is 38.1 Å². The third-order valence-corrected chi connectivity index (χ3v) is 6.10. The van der Waals surface area contributed by atoms with Gasteiger partial charge in [0.15, 0.2) is 0 Å². The van der Waals surface area contributed by atoms with Crippen LogP contribution < -0.4 is 5.43 Å². The van der Waals surface area contributed by atoms with Gasteiger partial charge in [-0.3, -0.25) is 9.69 Å². The molecule has 5 nitrogen and oxygen atoms in total. The molecular formula is C23H18F4N2O3. The summed E-state index contributed by atoms with van der Waals surface area (Å²) >= 11 is 0. The average Bonchev–Trinajstić information content (AvgIpc) is 3.47. The largest absolute Gasteiger partial charge is 0.477 e. The van der Waals surface area contributed by atoms with E-state index in [4.69, 9.17) is 0 Å². The smallest absolute Gasteiger partial charge is 0.419 e. The highest BCUT2D eigenvalue weighted by atomic mass is 19.4. The topological polar surface area (TPSA) is 62.5 Å². The Morgan fingerprint density at radius 2 is 1.81 bits per heavy atom. The van der Waals surface area contributed by atoms with E-state index >= 15 is 4.39 Å². The van der Waals surface area contributed by atoms with Gasteiger partial charge in [-0.25, -0.2) is 9.18 Å². The first-order valence-corrected chi connectivity index (χ1v) is 10.1. The fraction of sp³-hybridized carbons (Fsp3) is 0.304. The fourth-order valence-corrected chi connectivity index (χ4v) is 4.56. The predicted molar refractivity (Wildman–Crippen MR) is 109 cm³/mol. The van der Waals surface area contributed by atoms with Crippen LogP contribution in [-0.2, 0) is 19.3 Å². The third-order valence-electron chi connectivity index (χ3n) is 6.10. The molecule has 1 aliphatic carbocycles. The first-order valence-electron chi connectivity index (χ1n) is 10.1. The molecule has 32 heavy (non-hydrogen) atoms. The summed E-state index contributed by atoms with van der Waals surface area (Å²) in [5.74, 6) is -2.77. The number of alkyl halides is 3. The van der Waals surface area contributed by atoms with Gasteiger partial charge in [0.05, 0.1) is 16.5 Å². The summed E-state index contributed by atoms with van der Waals surface area (Å²) in [5.41, 5.74) is -2.29. The van der Waals surface area contributed by atoms with E-state index in [1.807, 2.05) is 11.9 Å². The Hall–Kier alpha value is -3.20. The molecule has 1 saturated carbocycles. The summed E-state index contributed by atoms with van der Waals surface area (Å²) in [5, 5.41) is 8.78. The molecule has 0 atom stereocenters.